The van der Waals surface area contributed by atoms with Gasteiger partial charge in [-0.05, 0) is 19.3 Å². The van der Waals surface area contributed by atoms with Crippen molar-refractivity contribution in [1.82, 2.24) is 10.2 Å². The molecule has 0 spiro atoms. The highest BCUT2D eigenvalue weighted by Gasteiger charge is 2.43. The smallest absolute Gasteiger partial charge is 0.329 e. The lowest BCUT2D eigenvalue weighted by atomic mass is 9.98. The van der Waals surface area contributed by atoms with E-state index in [-0.39, 0.29) is 12.1 Å². The Hall–Kier alpha value is -1.30. The molecule has 0 aromatic carbocycles. The van der Waals surface area contributed by atoms with Gasteiger partial charge in [-0.2, -0.15) is 0 Å². The van der Waals surface area contributed by atoms with E-state index >= 15 is 0 Å². The molecule has 1 atom stereocenters. The lowest BCUT2D eigenvalue weighted by molar-refractivity contribution is -0.144. The van der Waals surface area contributed by atoms with E-state index in [0.717, 1.165) is 19.3 Å². The fourth-order valence-corrected chi connectivity index (χ4v) is 2.76. The van der Waals surface area contributed by atoms with Gasteiger partial charge in [-0.3, -0.25) is 0 Å². The van der Waals surface area contributed by atoms with Gasteiger partial charge in [0.1, 0.15) is 5.54 Å². The number of carbonyl (C=O) groups is 2. The van der Waals surface area contributed by atoms with E-state index in [1.807, 2.05) is 0 Å². The molecule has 0 bridgehead atoms. The average molecular weight is 256 g/mol. The van der Waals surface area contributed by atoms with Crippen LogP contribution >= 0.6 is 0 Å². The molecule has 0 aromatic heterocycles. The maximum absolute atomic E-state index is 12.1. The van der Waals surface area contributed by atoms with Crippen LogP contribution in [0.2, 0.25) is 0 Å². The Morgan fingerprint density at radius 2 is 2.06 bits per heavy atom. The molecule has 1 aliphatic carbocycles. The van der Waals surface area contributed by atoms with Crippen molar-refractivity contribution in [1.29, 1.82) is 0 Å². The van der Waals surface area contributed by atoms with Crippen LogP contribution in [0.15, 0.2) is 0 Å². The number of aliphatic carboxylic acids is 1. The van der Waals surface area contributed by atoms with E-state index in [1.165, 1.54) is 0 Å². The maximum atomic E-state index is 12.1. The molecule has 2 N–H and O–H groups in total. The van der Waals surface area contributed by atoms with Crippen LogP contribution in [0.1, 0.15) is 32.1 Å². The summed E-state index contributed by atoms with van der Waals surface area (Å²) in [5.74, 6) is -0.921. The van der Waals surface area contributed by atoms with Crippen LogP contribution in [-0.2, 0) is 9.53 Å². The second-order valence-corrected chi connectivity index (χ2v) is 5.12. The Morgan fingerprint density at radius 1 is 1.39 bits per heavy atom. The van der Waals surface area contributed by atoms with Gasteiger partial charge in [0.05, 0.1) is 6.10 Å². The second kappa shape index (κ2) is 5.14. The Kier molecular flexibility index (Phi) is 3.75. The number of carbonyl (C=O) groups excluding carboxylic acids is 1. The number of hydrogen-bond donors (Lipinski definition) is 2. The van der Waals surface area contributed by atoms with Gasteiger partial charge >= 0.3 is 12.0 Å². The highest BCUT2D eigenvalue weighted by atomic mass is 16.5. The number of likely N-dealkylation sites (tertiary alicyclic amines) is 1. The van der Waals surface area contributed by atoms with Gasteiger partial charge in [0.25, 0.3) is 0 Å². The first-order valence-electron chi connectivity index (χ1n) is 6.41. The summed E-state index contributed by atoms with van der Waals surface area (Å²) < 4.78 is 5.20. The molecule has 1 saturated heterocycles. The third-order valence-electron chi connectivity index (χ3n) is 3.98. The van der Waals surface area contributed by atoms with Crippen LogP contribution < -0.4 is 5.32 Å². The largest absolute Gasteiger partial charge is 0.480 e. The standard InChI is InChI=1S/C12H20N2O4/c1-18-9-4-7-14(8-9)11(17)13-12(10(15)16)5-2-3-6-12/h9H,2-8H2,1H3,(H,13,17)(H,15,16). The number of nitrogens with zero attached hydrogens (tertiary/aromatic N) is 1. The van der Waals surface area contributed by atoms with Gasteiger partial charge in [-0.1, -0.05) is 12.8 Å². The van der Waals surface area contributed by atoms with Crippen molar-refractivity contribution in [3.05, 3.63) is 0 Å². The number of carboxylic acids is 1. The number of methoxy groups -OCH3 is 1. The Morgan fingerprint density at radius 3 is 2.56 bits per heavy atom. The number of rotatable bonds is 3. The van der Waals surface area contributed by atoms with Crippen molar-refractivity contribution >= 4 is 12.0 Å². The topological polar surface area (TPSA) is 78.9 Å². The molecule has 1 heterocycles. The summed E-state index contributed by atoms with van der Waals surface area (Å²) in [5.41, 5.74) is -1.05. The van der Waals surface area contributed by atoms with E-state index in [2.05, 4.69) is 5.32 Å². The summed E-state index contributed by atoms with van der Waals surface area (Å²) >= 11 is 0. The zero-order valence-electron chi connectivity index (χ0n) is 10.6. The minimum absolute atomic E-state index is 0.0695. The summed E-state index contributed by atoms with van der Waals surface area (Å²) in [7, 11) is 1.63. The van der Waals surface area contributed by atoms with E-state index < -0.39 is 11.5 Å². The summed E-state index contributed by atoms with van der Waals surface area (Å²) in [6.45, 7) is 1.16. The molecule has 18 heavy (non-hydrogen) atoms. The van der Waals surface area contributed by atoms with Gasteiger partial charge < -0.3 is 20.1 Å². The molecular formula is C12H20N2O4. The molecular weight excluding hydrogens is 236 g/mol. The third-order valence-corrected chi connectivity index (χ3v) is 3.98. The number of ether oxygens (including phenoxy) is 1. The van der Waals surface area contributed by atoms with Gasteiger partial charge in [0.15, 0.2) is 0 Å². The van der Waals surface area contributed by atoms with Gasteiger partial charge in [-0.25, -0.2) is 9.59 Å². The molecule has 102 valence electrons. The molecule has 2 rings (SSSR count). The molecule has 1 unspecified atom stereocenters. The normalized spacial score (nSPS) is 26.3. The first-order chi connectivity index (χ1) is 8.57. The van der Waals surface area contributed by atoms with Crippen molar-refractivity contribution in [3.63, 3.8) is 0 Å². The van der Waals surface area contributed by atoms with E-state index in [0.29, 0.717) is 25.9 Å². The van der Waals surface area contributed by atoms with Gasteiger partial charge in [0.2, 0.25) is 0 Å². The molecule has 2 aliphatic rings. The Bertz CT molecular complexity index is 339. The molecule has 2 fully saturated rings. The summed E-state index contributed by atoms with van der Waals surface area (Å²) in [6, 6.07) is -0.279. The van der Waals surface area contributed by atoms with E-state index in [1.54, 1.807) is 12.0 Å². The number of urea groups is 1. The summed E-state index contributed by atoms with van der Waals surface area (Å²) in [4.78, 5) is 25.0. The first kappa shape index (κ1) is 13.1. The van der Waals surface area contributed by atoms with Crippen LogP contribution in [0.4, 0.5) is 4.79 Å². The van der Waals surface area contributed by atoms with Crippen molar-refractivity contribution in [2.24, 2.45) is 0 Å². The molecule has 6 heteroatoms. The van der Waals surface area contributed by atoms with Crippen LogP contribution in [0.25, 0.3) is 0 Å². The van der Waals surface area contributed by atoms with Crippen LogP contribution in [0.5, 0.6) is 0 Å². The lowest BCUT2D eigenvalue weighted by Gasteiger charge is -2.28. The lowest BCUT2D eigenvalue weighted by Crippen LogP contribution is -2.56. The van der Waals surface area contributed by atoms with Crippen molar-refractivity contribution in [2.45, 2.75) is 43.7 Å². The Labute approximate surface area is 106 Å². The SMILES string of the molecule is COC1CCN(C(=O)NC2(C(=O)O)CCCC2)C1. The predicted octanol–water partition coefficient (Wildman–Crippen LogP) is 0.814. The summed E-state index contributed by atoms with van der Waals surface area (Å²) in [6.07, 6.45) is 3.63. The van der Waals surface area contributed by atoms with Crippen molar-refractivity contribution in [3.8, 4) is 0 Å². The van der Waals surface area contributed by atoms with Crippen LogP contribution in [0.3, 0.4) is 0 Å². The first-order valence-corrected chi connectivity index (χ1v) is 6.41. The highest BCUT2D eigenvalue weighted by Crippen LogP contribution is 2.30. The predicted molar refractivity (Wildman–Crippen MR) is 64.4 cm³/mol. The minimum atomic E-state index is -1.05. The molecule has 0 aromatic rings. The Balaban J connectivity index is 1.96. The highest BCUT2D eigenvalue weighted by molar-refractivity contribution is 5.86. The van der Waals surface area contributed by atoms with Crippen LogP contribution in [0, 0.1) is 0 Å². The quantitative estimate of drug-likeness (QED) is 0.783. The third kappa shape index (κ3) is 2.43. The van der Waals surface area contributed by atoms with E-state index in [4.69, 9.17) is 4.74 Å². The maximum Gasteiger partial charge on any atom is 0.329 e. The minimum Gasteiger partial charge on any atom is -0.480 e. The molecule has 2 amide bonds. The average Bonchev–Trinajstić information content (AvgIpc) is 2.97. The zero-order chi connectivity index (χ0) is 13.2. The fraction of sp³-hybridized carbons (Fsp3) is 0.833. The molecule has 1 aliphatic heterocycles. The second-order valence-electron chi connectivity index (χ2n) is 5.12. The van der Waals surface area contributed by atoms with Crippen molar-refractivity contribution < 1.29 is 19.4 Å². The summed E-state index contributed by atoms with van der Waals surface area (Å²) in [5, 5.41) is 12.0. The number of nitrogens with one attached hydrogen (secondary N) is 1. The van der Waals surface area contributed by atoms with Gasteiger partial charge in [-0.15, -0.1) is 0 Å². The fourth-order valence-electron chi connectivity index (χ4n) is 2.76. The van der Waals surface area contributed by atoms with E-state index in [9.17, 15) is 14.7 Å². The van der Waals surface area contributed by atoms with Gasteiger partial charge in [0, 0.05) is 20.2 Å². The zero-order valence-corrected chi connectivity index (χ0v) is 10.6. The molecule has 0 radical (unpaired) electrons. The molecule has 1 saturated carbocycles. The monoisotopic (exact) mass is 256 g/mol. The number of hydrogen-bond acceptors (Lipinski definition) is 3. The number of amides is 2. The number of carboxylic acid groups (broad SMARTS) is 1. The van der Waals surface area contributed by atoms with Crippen molar-refractivity contribution in [2.75, 3.05) is 20.2 Å². The van der Waals surface area contributed by atoms with Crippen LogP contribution in [-0.4, -0.2) is 53.8 Å². The molecule has 6 nitrogen and oxygen atoms in total.